The Labute approximate surface area is 73.1 Å². The predicted octanol–water partition coefficient (Wildman–Crippen LogP) is 3.02. The first kappa shape index (κ1) is 7.89. The maximum Gasteiger partial charge on any atom is 0.162 e. The number of benzene rings is 1. The lowest BCUT2D eigenvalue weighted by Gasteiger charge is -1.99. The minimum atomic E-state index is 0.196. The Hall–Kier alpha value is -0.210. The molecule has 1 rings (SSSR count). The molecule has 1 nitrogen and oxygen atoms in total. The Morgan fingerprint density at radius 2 is 1.90 bits per heavy atom. The molecule has 0 N–H and O–H groups in total. The van der Waals surface area contributed by atoms with Gasteiger partial charge in [0.05, 0.1) is 0 Å². The molecule has 10 heavy (non-hydrogen) atoms. The highest BCUT2D eigenvalue weighted by Gasteiger charge is 1.89. The molecule has 0 amide bonds. The molecule has 0 atom stereocenters. The molecule has 0 aliphatic rings. The van der Waals surface area contributed by atoms with Crippen LogP contribution in [0.2, 0.25) is 0 Å². The van der Waals surface area contributed by atoms with E-state index in [1.54, 1.807) is 0 Å². The van der Waals surface area contributed by atoms with Gasteiger partial charge >= 0.3 is 0 Å². The molecule has 0 aromatic heterocycles. The van der Waals surface area contributed by atoms with E-state index in [0.29, 0.717) is 0 Å². The van der Waals surface area contributed by atoms with Crippen molar-refractivity contribution in [2.45, 2.75) is 0 Å². The molecular formula is C7H6BrClO. The molecule has 1 aromatic rings. The highest BCUT2D eigenvalue weighted by Crippen LogP contribution is 2.15. The van der Waals surface area contributed by atoms with E-state index in [2.05, 4.69) is 15.9 Å². The average molecular weight is 221 g/mol. The first-order valence-corrected chi connectivity index (χ1v) is 4.10. The van der Waals surface area contributed by atoms with E-state index in [9.17, 15) is 0 Å². The fourth-order valence-electron chi connectivity index (χ4n) is 0.594. The van der Waals surface area contributed by atoms with Crippen molar-refractivity contribution in [1.29, 1.82) is 0 Å². The highest BCUT2D eigenvalue weighted by molar-refractivity contribution is 9.10. The summed E-state index contributed by atoms with van der Waals surface area (Å²) in [4.78, 5) is 0. The third-order valence-corrected chi connectivity index (χ3v) is 1.67. The van der Waals surface area contributed by atoms with Crippen molar-refractivity contribution >= 4 is 27.5 Å². The van der Waals surface area contributed by atoms with Crippen molar-refractivity contribution in [1.82, 2.24) is 0 Å². The second-order valence-electron chi connectivity index (χ2n) is 1.71. The molecule has 0 spiro atoms. The van der Waals surface area contributed by atoms with Gasteiger partial charge in [0.1, 0.15) is 5.75 Å². The number of halogens is 2. The summed E-state index contributed by atoms with van der Waals surface area (Å²) in [6.45, 7) is 0. The number of ether oxygens (including phenoxy) is 1. The molecule has 1 aromatic carbocycles. The lowest BCUT2D eigenvalue weighted by atomic mass is 10.3. The van der Waals surface area contributed by atoms with E-state index in [4.69, 9.17) is 16.3 Å². The van der Waals surface area contributed by atoms with Gasteiger partial charge in [-0.2, -0.15) is 0 Å². The second kappa shape index (κ2) is 3.84. The van der Waals surface area contributed by atoms with Crippen LogP contribution in [0, 0.1) is 0 Å². The predicted molar refractivity (Wildman–Crippen MR) is 45.5 cm³/mol. The summed E-state index contributed by atoms with van der Waals surface area (Å²) in [6, 6.07) is 7.71. The largest absolute Gasteiger partial charge is 0.478 e. The number of rotatable bonds is 2. The monoisotopic (exact) mass is 220 g/mol. The fraction of sp³-hybridized carbons (Fsp3) is 0.143. The first-order chi connectivity index (χ1) is 4.83. The van der Waals surface area contributed by atoms with Crippen LogP contribution in [0.15, 0.2) is 28.7 Å². The lowest BCUT2D eigenvalue weighted by Crippen LogP contribution is -1.87. The summed E-state index contributed by atoms with van der Waals surface area (Å²) in [5.41, 5.74) is 0. The molecule has 0 unspecified atom stereocenters. The molecule has 0 radical (unpaired) electrons. The summed E-state index contributed by atoms with van der Waals surface area (Å²) >= 11 is 8.65. The van der Waals surface area contributed by atoms with E-state index in [0.717, 1.165) is 10.2 Å². The van der Waals surface area contributed by atoms with Crippen LogP contribution in [0.25, 0.3) is 0 Å². The van der Waals surface area contributed by atoms with Crippen molar-refractivity contribution in [2.24, 2.45) is 0 Å². The van der Waals surface area contributed by atoms with E-state index >= 15 is 0 Å². The summed E-state index contributed by atoms with van der Waals surface area (Å²) < 4.78 is 6.04. The van der Waals surface area contributed by atoms with Crippen molar-refractivity contribution in [3.63, 3.8) is 0 Å². The molecule has 0 saturated carbocycles. The van der Waals surface area contributed by atoms with Crippen LogP contribution in [-0.4, -0.2) is 6.07 Å². The number of alkyl halides is 1. The van der Waals surface area contributed by atoms with Gasteiger partial charge in [-0.15, -0.1) is 0 Å². The van der Waals surface area contributed by atoms with Crippen LogP contribution >= 0.6 is 27.5 Å². The van der Waals surface area contributed by atoms with Gasteiger partial charge in [0.2, 0.25) is 0 Å². The van der Waals surface area contributed by atoms with Crippen molar-refractivity contribution in [3.05, 3.63) is 28.7 Å². The second-order valence-corrected chi connectivity index (χ2v) is 2.84. The third-order valence-electron chi connectivity index (χ3n) is 1.03. The average Bonchev–Trinajstić information content (AvgIpc) is 1.95. The van der Waals surface area contributed by atoms with Gasteiger partial charge in [-0.05, 0) is 24.3 Å². The zero-order valence-corrected chi connectivity index (χ0v) is 7.52. The zero-order chi connectivity index (χ0) is 7.40. The summed E-state index contributed by atoms with van der Waals surface area (Å²) in [5.74, 6) is 0.790. The molecule has 0 heterocycles. The van der Waals surface area contributed by atoms with E-state index < -0.39 is 0 Å². The summed E-state index contributed by atoms with van der Waals surface area (Å²) in [6.07, 6.45) is 0. The van der Waals surface area contributed by atoms with Gasteiger partial charge in [-0.25, -0.2) is 0 Å². The van der Waals surface area contributed by atoms with Gasteiger partial charge < -0.3 is 4.74 Å². The van der Waals surface area contributed by atoms with Crippen LogP contribution in [0.4, 0.5) is 0 Å². The SMILES string of the molecule is ClCOc1ccc(Br)cc1. The lowest BCUT2D eigenvalue weighted by molar-refractivity contribution is 0.388. The molecule has 0 aliphatic carbocycles. The van der Waals surface area contributed by atoms with E-state index in [-0.39, 0.29) is 6.07 Å². The molecular weight excluding hydrogens is 215 g/mol. The smallest absolute Gasteiger partial charge is 0.162 e. The highest BCUT2D eigenvalue weighted by atomic mass is 79.9. The summed E-state index contributed by atoms with van der Waals surface area (Å²) in [7, 11) is 0. The topological polar surface area (TPSA) is 9.23 Å². The Bertz CT molecular complexity index is 197. The van der Waals surface area contributed by atoms with Crippen molar-refractivity contribution in [2.75, 3.05) is 6.07 Å². The standard InChI is InChI=1S/C7H6BrClO/c8-6-1-3-7(4-2-6)10-5-9/h1-4H,5H2. The van der Waals surface area contributed by atoms with E-state index in [1.165, 1.54) is 0 Å². The zero-order valence-electron chi connectivity index (χ0n) is 5.18. The Kier molecular flexibility index (Phi) is 3.03. The van der Waals surface area contributed by atoms with Gasteiger partial charge in [0.15, 0.2) is 6.07 Å². The van der Waals surface area contributed by atoms with Gasteiger partial charge in [-0.3, -0.25) is 0 Å². The molecule has 3 heteroatoms. The minimum Gasteiger partial charge on any atom is -0.478 e. The normalized spacial score (nSPS) is 9.40. The Morgan fingerprint density at radius 3 is 2.40 bits per heavy atom. The van der Waals surface area contributed by atoms with Gasteiger partial charge in [-0.1, -0.05) is 27.5 Å². The van der Waals surface area contributed by atoms with Crippen LogP contribution in [0.3, 0.4) is 0 Å². The number of hydrogen-bond acceptors (Lipinski definition) is 1. The number of hydrogen-bond donors (Lipinski definition) is 0. The quantitative estimate of drug-likeness (QED) is 0.698. The maximum absolute atomic E-state index is 5.34. The van der Waals surface area contributed by atoms with Crippen molar-refractivity contribution < 1.29 is 4.74 Å². The Morgan fingerprint density at radius 1 is 1.30 bits per heavy atom. The maximum atomic E-state index is 5.34. The van der Waals surface area contributed by atoms with Crippen LogP contribution in [-0.2, 0) is 0 Å². The fourth-order valence-corrected chi connectivity index (χ4v) is 0.984. The first-order valence-electron chi connectivity index (χ1n) is 2.77. The van der Waals surface area contributed by atoms with Crippen LogP contribution < -0.4 is 4.74 Å². The van der Waals surface area contributed by atoms with Crippen LogP contribution in [0.5, 0.6) is 5.75 Å². The van der Waals surface area contributed by atoms with Gasteiger partial charge in [0.25, 0.3) is 0 Å². The Balaban J connectivity index is 2.69. The molecule has 0 aliphatic heterocycles. The van der Waals surface area contributed by atoms with Crippen molar-refractivity contribution in [3.8, 4) is 5.75 Å². The molecule has 0 fully saturated rings. The molecule has 0 bridgehead atoms. The third kappa shape index (κ3) is 2.20. The minimum absolute atomic E-state index is 0.196. The molecule has 54 valence electrons. The van der Waals surface area contributed by atoms with Gasteiger partial charge in [0, 0.05) is 4.47 Å². The molecule has 0 saturated heterocycles. The van der Waals surface area contributed by atoms with Crippen LogP contribution in [0.1, 0.15) is 0 Å². The van der Waals surface area contributed by atoms with E-state index in [1.807, 2.05) is 24.3 Å². The summed E-state index contributed by atoms with van der Waals surface area (Å²) in [5, 5.41) is 0.